The molecule has 0 unspecified atom stereocenters. The summed E-state index contributed by atoms with van der Waals surface area (Å²) < 4.78 is 5.18. The fourth-order valence-corrected chi connectivity index (χ4v) is 1.49. The average molecular weight is 272 g/mol. The van der Waals surface area contributed by atoms with Crippen molar-refractivity contribution in [2.24, 2.45) is 10.7 Å². The second-order valence-electron chi connectivity index (χ2n) is 3.92. The summed E-state index contributed by atoms with van der Waals surface area (Å²) in [5.41, 5.74) is 7.26. The number of nitrogens with one attached hydrogen (secondary N) is 2. The number of amides is 1. The minimum atomic E-state index is -0.666. The van der Waals surface area contributed by atoms with Crippen LogP contribution in [0, 0.1) is 17.7 Å². The van der Waals surface area contributed by atoms with E-state index in [-0.39, 0.29) is 11.4 Å². The summed E-state index contributed by atoms with van der Waals surface area (Å²) in [6, 6.07) is 5.23. The maximum Gasteiger partial charge on any atom is 0.280 e. The van der Waals surface area contributed by atoms with Crippen LogP contribution in [0.25, 0.3) is 0 Å². The smallest absolute Gasteiger partial charge is 0.280 e. The number of hydrogen-bond acceptors (Lipinski definition) is 4. The topological polar surface area (TPSA) is 112 Å². The number of carbonyl (C=O) groups is 1. The summed E-state index contributed by atoms with van der Waals surface area (Å²) in [6.45, 7) is 1.89. The molecule has 1 rings (SSSR count). The predicted octanol–water partition coefficient (Wildman–Crippen LogP) is 1.46. The molecule has 0 aromatic heterocycles. The van der Waals surface area contributed by atoms with Gasteiger partial charge in [0.05, 0.1) is 12.7 Å². The highest BCUT2D eigenvalue weighted by atomic mass is 16.5. The van der Waals surface area contributed by atoms with Gasteiger partial charge in [-0.05, 0) is 24.6 Å². The van der Waals surface area contributed by atoms with Crippen molar-refractivity contribution in [3.05, 3.63) is 41.0 Å². The highest BCUT2D eigenvalue weighted by Gasteiger charge is 2.08. The van der Waals surface area contributed by atoms with Gasteiger partial charge in [-0.2, -0.15) is 4.99 Å². The molecule has 0 aliphatic carbocycles. The van der Waals surface area contributed by atoms with Gasteiger partial charge in [-0.15, -0.1) is 0 Å². The molecule has 0 atom stereocenters. The third-order valence-electron chi connectivity index (χ3n) is 2.59. The minimum Gasteiger partial charge on any atom is -0.496 e. The number of hydrogen-bond donors (Lipinski definition) is 3. The standard InChI is InChI=1S/C14H16N4O2/c1-9-3-4-10(7-12(9)20-2)13(17)18-14(19)11(8-16)5-6-15/h3-8,15-16H,1-2H3,(H2,17,18,19)/b11-5+,15-6?,16-8?. The van der Waals surface area contributed by atoms with E-state index in [1.807, 2.05) is 13.0 Å². The second kappa shape index (κ2) is 6.98. The maximum absolute atomic E-state index is 11.7. The molecule has 1 aromatic rings. The highest BCUT2D eigenvalue weighted by molar-refractivity contribution is 6.18. The molecule has 6 heteroatoms. The Kier molecular flexibility index (Phi) is 5.34. The summed E-state index contributed by atoms with van der Waals surface area (Å²) >= 11 is 0. The van der Waals surface area contributed by atoms with E-state index in [1.165, 1.54) is 6.08 Å². The van der Waals surface area contributed by atoms with Crippen LogP contribution >= 0.6 is 0 Å². The molecule has 20 heavy (non-hydrogen) atoms. The largest absolute Gasteiger partial charge is 0.496 e. The van der Waals surface area contributed by atoms with Gasteiger partial charge in [0.25, 0.3) is 5.91 Å². The van der Waals surface area contributed by atoms with Crippen LogP contribution in [0.3, 0.4) is 0 Å². The molecule has 0 aliphatic rings. The van der Waals surface area contributed by atoms with E-state index in [0.717, 1.165) is 18.0 Å². The predicted molar refractivity (Wildman–Crippen MR) is 79.1 cm³/mol. The van der Waals surface area contributed by atoms with Gasteiger partial charge in [0, 0.05) is 18.0 Å². The Morgan fingerprint density at radius 2 is 2.10 bits per heavy atom. The monoisotopic (exact) mass is 272 g/mol. The number of aryl methyl sites for hydroxylation is 1. The number of nitrogens with zero attached hydrogens (tertiary/aromatic N) is 1. The molecule has 0 fully saturated rings. The third kappa shape index (κ3) is 3.61. The first-order valence-electron chi connectivity index (χ1n) is 5.78. The zero-order chi connectivity index (χ0) is 15.1. The molecule has 0 radical (unpaired) electrons. The van der Waals surface area contributed by atoms with Crippen LogP contribution in [0.15, 0.2) is 34.8 Å². The molecule has 1 amide bonds. The molecular weight excluding hydrogens is 256 g/mol. The lowest BCUT2D eigenvalue weighted by Crippen LogP contribution is -2.17. The van der Waals surface area contributed by atoms with Crippen LogP contribution in [0.1, 0.15) is 11.1 Å². The zero-order valence-electron chi connectivity index (χ0n) is 11.3. The van der Waals surface area contributed by atoms with Crippen molar-refractivity contribution < 1.29 is 9.53 Å². The van der Waals surface area contributed by atoms with Crippen molar-refractivity contribution in [3.63, 3.8) is 0 Å². The summed E-state index contributed by atoms with van der Waals surface area (Å²) in [5, 5.41) is 14.0. The number of aliphatic imine (C=N–C) groups is 1. The Bertz CT molecular complexity index is 603. The molecule has 4 N–H and O–H groups in total. The minimum absolute atomic E-state index is 0.0120. The second-order valence-corrected chi connectivity index (χ2v) is 3.92. The highest BCUT2D eigenvalue weighted by Crippen LogP contribution is 2.18. The molecule has 0 bridgehead atoms. The van der Waals surface area contributed by atoms with Crippen LogP contribution in [0.4, 0.5) is 0 Å². The lowest BCUT2D eigenvalue weighted by Gasteiger charge is -2.07. The Balaban J connectivity index is 3.11. The number of methoxy groups -OCH3 is 1. The molecule has 0 spiro atoms. The van der Waals surface area contributed by atoms with Gasteiger partial charge in [0.2, 0.25) is 0 Å². The molecule has 0 aliphatic heterocycles. The molecule has 0 heterocycles. The number of carbonyl (C=O) groups excluding carboxylic acids is 1. The van der Waals surface area contributed by atoms with Crippen LogP contribution in [0.5, 0.6) is 5.75 Å². The van der Waals surface area contributed by atoms with Gasteiger partial charge in [-0.3, -0.25) is 4.79 Å². The van der Waals surface area contributed by atoms with Crippen LogP contribution in [-0.2, 0) is 4.79 Å². The van der Waals surface area contributed by atoms with Gasteiger partial charge >= 0.3 is 0 Å². The Hall–Kier alpha value is -2.76. The lowest BCUT2D eigenvalue weighted by atomic mass is 10.1. The molecule has 0 saturated carbocycles. The summed E-state index contributed by atoms with van der Waals surface area (Å²) in [4.78, 5) is 15.5. The molecule has 6 nitrogen and oxygen atoms in total. The fourth-order valence-electron chi connectivity index (χ4n) is 1.49. The first-order chi connectivity index (χ1) is 9.53. The number of rotatable bonds is 5. The Morgan fingerprint density at radius 3 is 2.65 bits per heavy atom. The fraction of sp³-hybridized carbons (Fsp3) is 0.143. The normalized spacial score (nSPS) is 11.9. The van der Waals surface area contributed by atoms with E-state index in [9.17, 15) is 4.79 Å². The van der Waals surface area contributed by atoms with E-state index in [1.54, 1.807) is 19.2 Å². The van der Waals surface area contributed by atoms with Gasteiger partial charge in [0.1, 0.15) is 11.6 Å². The Labute approximate surface area is 117 Å². The van der Waals surface area contributed by atoms with Crippen molar-refractivity contribution >= 4 is 24.2 Å². The maximum atomic E-state index is 11.7. The van der Waals surface area contributed by atoms with Crippen molar-refractivity contribution in [2.75, 3.05) is 7.11 Å². The first kappa shape index (κ1) is 15.3. The van der Waals surface area contributed by atoms with E-state index in [2.05, 4.69) is 4.99 Å². The first-order valence-corrected chi connectivity index (χ1v) is 5.78. The third-order valence-corrected chi connectivity index (χ3v) is 2.59. The van der Waals surface area contributed by atoms with Gasteiger partial charge < -0.3 is 21.3 Å². The number of benzene rings is 1. The number of allylic oxidation sites excluding steroid dienone is 1. The van der Waals surface area contributed by atoms with Crippen molar-refractivity contribution in [1.82, 2.24) is 0 Å². The zero-order valence-corrected chi connectivity index (χ0v) is 11.3. The number of amidine groups is 1. The van der Waals surface area contributed by atoms with Gasteiger partial charge in [0.15, 0.2) is 0 Å². The van der Waals surface area contributed by atoms with E-state index >= 15 is 0 Å². The average Bonchev–Trinajstić information content (AvgIpc) is 2.44. The van der Waals surface area contributed by atoms with Gasteiger partial charge in [-0.25, -0.2) is 0 Å². The van der Waals surface area contributed by atoms with E-state index < -0.39 is 5.91 Å². The summed E-state index contributed by atoms with van der Waals surface area (Å²) in [6.07, 6.45) is 2.93. The van der Waals surface area contributed by atoms with Crippen LogP contribution < -0.4 is 10.5 Å². The number of ether oxygens (including phenoxy) is 1. The summed E-state index contributed by atoms with van der Waals surface area (Å²) in [5.74, 6) is 0.0157. The van der Waals surface area contributed by atoms with Crippen LogP contribution in [-0.4, -0.2) is 31.3 Å². The van der Waals surface area contributed by atoms with E-state index in [0.29, 0.717) is 11.3 Å². The van der Waals surface area contributed by atoms with Crippen molar-refractivity contribution in [3.8, 4) is 5.75 Å². The Morgan fingerprint density at radius 1 is 1.40 bits per heavy atom. The van der Waals surface area contributed by atoms with Gasteiger partial charge in [-0.1, -0.05) is 12.1 Å². The molecular formula is C14H16N4O2. The summed E-state index contributed by atoms with van der Waals surface area (Å²) in [7, 11) is 1.55. The van der Waals surface area contributed by atoms with Crippen LogP contribution in [0.2, 0.25) is 0 Å². The van der Waals surface area contributed by atoms with Crippen molar-refractivity contribution in [2.45, 2.75) is 6.92 Å². The number of nitrogens with two attached hydrogens (primary N) is 1. The molecule has 1 aromatic carbocycles. The quantitative estimate of drug-likeness (QED) is 0.428. The van der Waals surface area contributed by atoms with Crippen molar-refractivity contribution in [1.29, 1.82) is 10.8 Å². The SMILES string of the molecule is COc1cc(C(N)=NC(=O)/C(C=N)=C/C=N)ccc1C. The molecule has 0 saturated heterocycles. The molecule has 104 valence electrons. The lowest BCUT2D eigenvalue weighted by molar-refractivity contribution is -0.113. The van der Waals surface area contributed by atoms with E-state index in [4.69, 9.17) is 21.3 Å².